The van der Waals surface area contributed by atoms with E-state index in [-0.39, 0.29) is 11.6 Å². The molecule has 66 valence electrons. The predicted octanol–water partition coefficient (Wildman–Crippen LogP) is 1.39. The van der Waals surface area contributed by atoms with Crippen LogP contribution in [0.5, 0.6) is 0 Å². The van der Waals surface area contributed by atoms with Gasteiger partial charge in [0.15, 0.2) is 0 Å². The molecule has 5 heteroatoms. The molecule has 0 bridgehead atoms. The Kier molecular flexibility index (Phi) is 2.75. The molecule has 1 aliphatic heterocycles. The number of amides is 1. The van der Waals surface area contributed by atoms with Crippen LogP contribution in [-0.4, -0.2) is 16.0 Å². The maximum atomic E-state index is 10.6. The maximum Gasteiger partial charge on any atom is 0.219 e. The monoisotopic (exact) mass is 206 g/mol. The van der Waals surface area contributed by atoms with Crippen LogP contribution in [0, 0.1) is 0 Å². The van der Waals surface area contributed by atoms with E-state index in [1.165, 1.54) is 0 Å². The van der Waals surface area contributed by atoms with Gasteiger partial charge in [-0.25, -0.2) is 4.99 Å². The number of nitrogens with zero attached hydrogens (tertiary/aromatic N) is 1. The Morgan fingerprint density at radius 3 is 3.00 bits per heavy atom. The van der Waals surface area contributed by atoms with Gasteiger partial charge in [0, 0.05) is 6.20 Å². The van der Waals surface area contributed by atoms with Crippen molar-refractivity contribution in [1.82, 2.24) is 0 Å². The summed E-state index contributed by atoms with van der Waals surface area (Å²) < 4.78 is 0. The lowest BCUT2D eigenvalue weighted by Gasteiger charge is -2.24. The van der Waals surface area contributed by atoms with Gasteiger partial charge in [0.1, 0.15) is 10.0 Å². The second kappa shape index (κ2) is 3.46. The first kappa shape index (κ1) is 9.55. The van der Waals surface area contributed by atoms with E-state index in [0.29, 0.717) is 6.42 Å². The first-order chi connectivity index (χ1) is 5.54. The number of rotatable bonds is 2. The molecule has 1 heterocycles. The normalized spacial score (nSPS) is 28.3. The molecule has 0 spiro atoms. The van der Waals surface area contributed by atoms with E-state index in [9.17, 15) is 4.79 Å². The zero-order valence-corrected chi connectivity index (χ0v) is 7.77. The minimum absolute atomic E-state index is 0.0151. The number of hydrogen-bond donors (Lipinski definition) is 1. The number of carbonyl (C=O) groups is 1. The Labute approximate surface area is 80.2 Å². The van der Waals surface area contributed by atoms with E-state index >= 15 is 0 Å². The molecule has 0 saturated heterocycles. The average Bonchev–Trinajstić information content (AvgIpc) is 1.94. The molecular weight excluding hydrogens is 199 g/mol. The van der Waals surface area contributed by atoms with Gasteiger partial charge in [-0.1, -0.05) is 17.7 Å². The van der Waals surface area contributed by atoms with Gasteiger partial charge in [-0.15, -0.1) is 11.6 Å². The van der Waals surface area contributed by atoms with Crippen molar-refractivity contribution in [2.24, 2.45) is 10.7 Å². The van der Waals surface area contributed by atoms with E-state index in [1.807, 2.05) is 0 Å². The Morgan fingerprint density at radius 1 is 1.83 bits per heavy atom. The summed E-state index contributed by atoms with van der Waals surface area (Å²) in [6.45, 7) is 0. The summed E-state index contributed by atoms with van der Waals surface area (Å²) in [7, 11) is 0. The largest absolute Gasteiger partial charge is 0.370 e. The molecule has 0 aromatic carbocycles. The molecule has 1 unspecified atom stereocenters. The molecule has 1 amide bonds. The summed E-state index contributed by atoms with van der Waals surface area (Å²) in [6, 6.07) is 0. The summed E-state index contributed by atoms with van der Waals surface area (Å²) in [5.41, 5.74) is 5.01. The first-order valence-corrected chi connectivity index (χ1v) is 4.16. The van der Waals surface area contributed by atoms with Crippen molar-refractivity contribution < 1.29 is 4.79 Å². The fourth-order valence-corrected chi connectivity index (χ4v) is 1.45. The number of alkyl halides is 1. The molecule has 1 rings (SSSR count). The van der Waals surface area contributed by atoms with Crippen molar-refractivity contribution in [3.05, 3.63) is 12.3 Å². The smallest absolute Gasteiger partial charge is 0.219 e. The highest BCUT2D eigenvalue weighted by molar-refractivity contribution is 6.72. The summed E-state index contributed by atoms with van der Waals surface area (Å²) in [4.78, 5) is 13.5. The standard InChI is InChI=1S/C7H8Cl2N2O/c8-6-7(9,4-5(10)12)2-1-3-11-6/h1,3H,2,4H2,(H2,10,12). The number of hydrogen-bond acceptors (Lipinski definition) is 2. The third kappa shape index (κ3) is 1.99. The van der Waals surface area contributed by atoms with Gasteiger partial charge in [-0.05, 0) is 6.42 Å². The molecular formula is C7H8Cl2N2O. The minimum atomic E-state index is -0.915. The van der Waals surface area contributed by atoms with Gasteiger partial charge in [0.2, 0.25) is 5.91 Å². The maximum absolute atomic E-state index is 10.6. The number of halogens is 2. The lowest BCUT2D eigenvalue weighted by molar-refractivity contribution is -0.118. The van der Waals surface area contributed by atoms with Crippen molar-refractivity contribution in [2.75, 3.05) is 0 Å². The highest BCUT2D eigenvalue weighted by Gasteiger charge is 2.34. The van der Waals surface area contributed by atoms with Crippen LogP contribution in [0.15, 0.2) is 17.3 Å². The zero-order chi connectivity index (χ0) is 9.19. The Hall–Kier alpha value is -0.540. The molecule has 0 aromatic rings. The fourth-order valence-electron chi connectivity index (χ4n) is 0.979. The number of allylic oxidation sites excluding steroid dienone is 1. The van der Waals surface area contributed by atoms with Crippen molar-refractivity contribution in [2.45, 2.75) is 17.7 Å². The van der Waals surface area contributed by atoms with Crippen LogP contribution in [-0.2, 0) is 4.79 Å². The Morgan fingerprint density at radius 2 is 2.50 bits per heavy atom. The number of nitrogens with two attached hydrogens (primary N) is 1. The highest BCUT2D eigenvalue weighted by atomic mass is 35.5. The van der Waals surface area contributed by atoms with Crippen LogP contribution >= 0.6 is 23.2 Å². The van der Waals surface area contributed by atoms with Crippen LogP contribution in [0.2, 0.25) is 0 Å². The SMILES string of the molecule is NC(=O)CC1(Cl)CC=CN=C1Cl. The number of aliphatic imine (C=N–C) groups is 1. The highest BCUT2D eigenvalue weighted by Crippen LogP contribution is 2.31. The second-order valence-electron chi connectivity index (χ2n) is 2.62. The Balaban J connectivity index is 2.78. The van der Waals surface area contributed by atoms with E-state index < -0.39 is 10.8 Å². The molecule has 0 aliphatic carbocycles. The fraction of sp³-hybridized carbons (Fsp3) is 0.429. The van der Waals surface area contributed by atoms with Gasteiger partial charge in [0.05, 0.1) is 6.42 Å². The molecule has 0 aromatic heterocycles. The van der Waals surface area contributed by atoms with Gasteiger partial charge in [-0.3, -0.25) is 4.79 Å². The molecule has 12 heavy (non-hydrogen) atoms. The van der Waals surface area contributed by atoms with Gasteiger partial charge in [0.25, 0.3) is 0 Å². The summed E-state index contributed by atoms with van der Waals surface area (Å²) >= 11 is 11.7. The molecule has 3 nitrogen and oxygen atoms in total. The van der Waals surface area contributed by atoms with E-state index in [1.54, 1.807) is 12.3 Å². The molecule has 0 fully saturated rings. The molecule has 0 saturated carbocycles. The molecule has 1 atom stereocenters. The summed E-state index contributed by atoms with van der Waals surface area (Å²) in [6.07, 6.45) is 3.81. The lowest BCUT2D eigenvalue weighted by Crippen LogP contribution is -2.35. The van der Waals surface area contributed by atoms with Crippen molar-refractivity contribution in [3.8, 4) is 0 Å². The van der Waals surface area contributed by atoms with Crippen LogP contribution in [0.4, 0.5) is 0 Å². The van der Waals surface area contributed by atoms with Crippen LogP contribution < -0.4 is 5.73 Å². The van der Waals surface area contributed by atoms with Crippen LogP contribution in [0.3, 0.4) is 0 Å². The zero-order valence-electron chi connectivity index (χ0n) is 6.26. The quantitative estimate of drug-likeness (QED) is 0.683. The topological polar surface area (TPSA) is 55.5 Å². The molecule has 1 aliphatic rings. The first-order valence-electron chi connectivity index (χ1n) is 3.40. The molecule has 0 radical (unpaired) electrons. The van der Waals surface area contributed by atoms with Crippen LogP contribution in [0.25, 0.3) is 0 Å². The average molecular weight is 207 g/mol. The van der Waals surface area contributed by atoms with Crippen LogP contribution in [0.1, 0.15) is 12.8 Å². The van der Waals surface area contributed by atoms with Gasteiger partial charge in [-0.2, -0.15) is 0 Å². The Bertz CT molecular complexity index is 262. The summed E-state index contributed by atoms with van der Waals surface area (Å²) in [5, 5.41) is 0.227. The lowest BCUT2D eigenvalue weighted by atomic mass is 10.00. The minimum Gasteiger partial charge on any atom is -0.370 e. The van der Waals surface area contributed by atoms with E-state index in [4.69, 9.17) is 28.9 Å². The number of carbonyl (C=O) groups excluding carboxylic acids is 1. The second-order valence-corrected chi connectivity index (χ2v) is 3.70. The van der Waals surface area contributed by atoms with E-state index in [0.717, 1.165) is 0 Å². The van der Waals surface area contributed by atoms with E-state index in [2.05, 4.69) is 4.99 Å². The molecule has 2 N–H and O–H groups in total. The third-order valence-corrected chi connectivity index (χ3v) is 2.58. The predicted molar refractivity (Wildman–Crippen MR) is 49.4 cm³/mol. The van der Waals surface area contributed by atoms with Crippen molar-refractivity contribution in [1.29, 1.82) is 0 Å². The third-order valence-electron chi connectivity index (χ3n) is 1.56. The summed E-state index contributed by atoms with van der Waals surface area (Å²) in [5.74, 6) is -0.478. The van der Waals surface area contributed by atoms with Gasteiger partial charge >= 0.3 is 0 Å². The van der Waals surface area contributed by atoms with Crippen molar-refractivity contribution >= 4 is 34.3 Å². The van der Waals surface area contributed by atoms with Gasteiger partial charge < -0.3 is 5.73 Å². The van der Waals surface area contributed by atoms with Crippen molar-refractivity contribution in [3.63, 3.8) is 0 Å². The number of primary amides is 1.